The molecule has 120 valence electrons. The monoisotopic (exact) mass is 335 g/mol. The molecule has 0 radical (unpaired) electrons. The number of benzene rings is 1. The molecule has 3 aromatic heterocycles. The van der Waals surface area contributed by atoms with Gasteiger partial charge in [-0.25, -0.2) is 9.50 Å². The Labute approximate surface area is 143 Å². The van der Waals surface area contributed by atoms with Gasteiger partial charge in [-0.1, -0.05) is 44.2 Å². The quantitative estimate of drug-likeness (QED) is 0.597. The van der Waals surface area contributed by atoms with Crippen LogP contribution in [-0.4, -0.2) is 14.6 Å². The molecule has 1 N–H and O–H groups in total. The fourth-order valence-electron chi connectivity index (χ4n) is 2.81. The Hall–Kier alpha value is -2.66. The summed E-state index contributed by atoms with van der Waals surface area (Å²) in [5.74, 6) is 0.153. The molecule has 3 heterocycles. The number of fused-ring (bicyclic) bond motifs is 1. The van der Waals surface area contributed by atoms with Crippen molar-refractivity contribution in [2.24, 2.45) is 0 Å². The molecule has 4 aromatic rings. The predicted octanol–water partition coefficient (Wildman–Crippen LogP) is 4.54. The Bertz CT molecular complexity index is 1060. The summed E-state index contributed by atoms with van der Waals surface area (Å²) in [6, 6.07) is 12.4. The van der Waals surface area contributed by atoms with Crippen molar-refractivity contribution in [3.05, 3.63) is 70.1 Å². The standard InChI is InChI=1S/C19H17N3OS/c1-12(2)15-9-20-18-16(10-21-22(18)19(15)23)17-8-14(11-24-17)13-6-4-3-5-7-13/h3-12,21H,1-2H3. The maximum atomic E-state index is 12.5. The lowest BCUT2D eigenvalue weighted by atomic mass is 10.1. The van der Waals surface area contributed by atoms with E-state index < -0.39 is 0 Å². The molecule has 1 aromatic carbocycles. The molecule has 24 heavy (non-hydrogen) atoms. The lowest BCUT2D eigenvalue weighted by Crippen LogP contribution is -2.20. The lowest BCUT2D eigenvalue weighted by molar-refractivity contribution is 0.794. The van der Waals surface area contributed by atoms with Gasteiger partial charge in [0.2, 0.25) is 0 Å². The summed E-state index contributed by atoms with van der Waals surface area (Å²) >= 11 is 1.66. The smallest absolute Gasteiger partial charge is 0.276 e. The number of H-pyrrole nitrogens is 1. The Morgan fingerprint density at radius 1 is 1.17 bits per heavy atom. The minimum Gasteiger partial charge on any atom is -0.296 e. The molecule has 0 aliphatic carbocycles. The van der Waals surface area contributed by atoms with Gasteiger partial charge in [-0.3, -0.25) is 9.89 Å². The summed E-state index contributed by atoms with van der Waals surface area (Å²) in [4.78, 5) is 18.2. The van der Waals surface area contributed by atoms with Crippen LogP contribution in [0, 0.1) is 0 Å². The highest BCUT2D eigenvalue weighted by atomic mass is 32.1. The van der Waals surface area contributed by atoms with Crippen molar-refractivity contribution in [2.75, 3.05) is 0 Å². The van der Waals surface area contributed by atoms with Gasteiger partial charge in [0, 0.05) is 22.8 Å². The summed E-state index contributed by atoms with van der Waals surface area (Å²) in [5.41, 5.74) is 4.68. The Morgan fingerprint density at radius 2 is 1.96 bits per heavy atom. The number of thiophene rings is 1. The molecule has 0 bridgehead atoms. The summed E-state index contributed by atoms with van der Waals surface area (Å²) < 4.78 is 1.53. The van der Waals surface area contributed by atoms with E-state index in [-0.39, 0.29) is 11.5 Å². The van der Waals surface area contributed by atoms with E-state index in [1.165, 1.54) is 15.6 Å². The van der Waals surface area contributed by atoms with Crippen molar-refractivity contribution in [1.29, 1.82) is 0 Å². The zero-order valence-electron chi connectivity index (χ0n) is 13.5. The minimum atomic E-state index is -0.0268. The second-order valence-corrected chi connectivity index (χ2v) is 7.00. The van der Waals surface area contributed by atoms with Gasteiger partial charge in [-0.2, -0.15) is 0 Å². The van der Waals surface area contributed by atoms with E-state index in [0.717, 1.165) is 16.0 Å². The number of aromatic nitrogens is 3. The van der Waals surface area contributed by atoms with Crippen molar-refractivity contribution in [3.63, 3.8) is 0 Å². The van der Waals surface area contributed by atoms with Crippen LogP contribution in [0.15, 0.2) is 59.0 Å². The first kappa shape index (κ1) is 14.9. The van der Waals surface area contributed by atoms with Crippen LogP contribution < -0.4 is 5.56 Å². The van der Waals surface area contributed by atoms with Crippen LogP contribution in [-0.2, 0) is 0 Å². The van der Waals surface area contributed by atoms with Crippen LogP contribution in [0.1, 0.15) is 25.3 Å². The van der Waals surface area contributed by atoms with E-state index in [9.17, 15) is 4.79 Å². The molecule has 4 nitrogen and oxygen atoms in total. The molecule has 5 heteroatoms. The first-order chi connectivity index (χ1) is 11.6. The number of hydrogen-bond donors (Lipinski definition) is 1. The number of aromatic amines is 1. The van der Waals surface area contributed by atoms with Crippen molar-refractivity contribution < 1.29 is 0 Å². The van der Waals surface area contributed by atoms with Gasteiger partial charge in [-0.15, -0.1) is 11.3 Å². The van der Waals surface area contributed by atoms with Gasteiger partial charge in [0.25, 0.3) is 5.56 Å². The molecule has 0 aliphatic rings. The Kier molecular flexibility index (Phi) is 3.58. The zero-order chi connectivity index (χ0) is 16.7. The van der Waals surface area contributed by atoms with Gasteiger partial charge >= 0.3 is 0 Å². The third-order valence-electron chi connectivity index (χ3n) is 4.16. The minimum absolute atomic E-state index is 0.0268. The number of nitrogens with zero attached hydrogens (tertiary/aromatic N) is 2. The summed E-state index contributed by atoms with van der Waals surface area (Å²) in [5, 5.41) is 5.18. The highest BCUT2D eigenvalue weighted by Gasteiger charge is 2.15. The highest BCUT2D eigenvalue weighted by Crippen LogP contribution is 2.33. The fraction of sp³-hybridized carbons (Fsp3) is 0.158. The summed E-state index contributed by atoms with van der Waals surface area (Å²) in [7, 11) is 0. The third-order valence-corrected chi connectivity index (χ3v) is 5.12. The Balaban J connectivity index is 1.82. The molecule has 0 aliphatic heterocycles. The average molecular weight is 335 g/mol. The van der Waals surface area contributed by atoms with Crippen LogP contribution in [0.2, 0.25) is 0 Å². The number of rotatable bonds is 3. The molecular weight excluding hydrogens is 318 g/mol. The molecule has 0 amide bonds. The van der Waals surface area contributed by atoms with Crippen molar-refractivity contribution in [2.45, 2.75) is 19.8 Å². The molecule has 0 saturated carbocycles. The van der Waals surface area contributed by atoms with Crippen molar-refractivity contribution in [3.8, 4) is 21.6 Å². The molecule has 0 spiro atoms. The maximum Gasteiger partial charge on any atom is 0.276 e. The fourth-order valence-corrected chi connectivity index (χ4v) is 3.74. The molecule has 0 unspecified atom stereocenters. The molecular formula is C19H17N3OS. The van der Waals surface area contributed by atoms with Gasteiger partial charge < -0.3 is 0 Å². The lowest BCUT2D eigenvalue weighted by Gasteiger charge is -2.04. The average Bonchev–Trinajstić information content (AvgIpc) is 3.22. The van der Waals surface area contributed by atoms with E-state index in [2.05, 4.69) is 33.7 Å². The van der Waals surface area contributed by atoms with E-state index in [1.54, 1.807) is 17.5 Å². The number of nitrogens with one attached hydrogen (secondary N) is 1. The van der Waals surface area contributed by atoms with Crippen LogP contribution in [0.25, 0.3) is 27.2 Å². The van der Waals surface area contributed by atoms with E-state index in [4.69, 9.17) is 0 Å². The first-order valence-corrected chi connectivity index (χ1v) is 8.76. The van der Waals surface area contributed by atoms with Gasteiger partial charge in [0.05, 0.1) is 5.56 Å². The van der Waals surface area contributed by atoms with Crippen LogP contribution in [0.3, 0.4) is 0 Å². The van der Waals surface area contributed by atoms with E-state index in [0.29, 0.717) is 5.65 Å². The second-order valence-electron chi connectivity index (χ2n) is 6.09. The van der Waals surface area contributed by atoms with Gasteiger partial charge in [-0.05, 0) is 28.5 Å². The summed E-state index contributed by atoms with van der Waals surface area (Å²) in [6.07, 6.45) is 3.56. The largest absolute Gasteiger partial charge is 0.296 e. The molecule has 0 saturated heterocycles. The normalized spacial score (nSPS) is 11.5. The van der Waals surface area contributed by atoms with Gasteiger partial charge in [0.1, 0.15) is 0 Å². The topological polar surface area (TPSA) is 50.2 Å². The van der Waals surface area contributed by atoms with Crippen LogP contribution in [0.4, 0.5) is 0 Å². The Morgan fingerprint density at radius 3 is 2.71 bits per heavy atom. The first-order valence-electron chi connectivity index (χ1n) is 7.88. The van der Waals surface area contributed by atoms with E-state index >= 15 is 0 Å². The summed E-state index contributed by atoms with van der Waals surface area (Å²) in [6.45, 7) is 4.00. The zero-order valence-corrected chi connectivity index (χ0v) is 14.3. The predicted molar refractivity (Wildman–Crippen MR) is 98.7 cm³/mol. The number of hydrogen-bond acceptors (Lipinski definition) is 3. The second kappa shape index (κ2) is 5.76. The third kappa shape index (κ3) is 2.37. The maximum absolute atomic E-state index is 12.5. The van der Waals surface area contributed by atoms with Crippen molar-refractivity contribution in [1.82, 2.24) is 14.6 Å². The molecule has 0 atom stereocenters. The van der Waals surface area contributed by atoms with Crippen LogP contribution in [0.5, 0.6) is 0 Å². The van der Waals surface area contributed by atoms with Crippen molar-refractivity contribution >= 4 is 17.0 Å². The molecule has 0 fully saturated rings. The molecule has 4 rings (SSSR count). The SMILES string of the molecule is CC(C)c1cnc2c(-c3cc(-c4ccccc4)cs3)c[nH]n2c1=O. The van der Waals surface area contributed by atoms with E-state index in [1.807, 2.05) is 38.2 Å². The van der Waals surface area contributed by atoms with Crippen LogP contribution >= 0.6 is 11.3 Å². The van der Waals surface area contributed by atoms with Gasteiger partial charge in [0.15, 0.2) is 5.65 Å². The highest BCUT2D eigenvalue weighted by molar-refractivity contribution is 7.14.